The number of aliphatic hydroxyl groups is 1. The second-order valence-electron chi connectivity index (χ2n) is 3.15. The molecule has 0 amide bonds. The number of benzene rings is 1. The van der Waals surface area contributed by atoms with Gasteiger partial charge in [-0.15, -0.1) is 0 Å². The van der Waals surface area contributed by atoms with Crippen molar-refractivity contribution in [2.24, 2.45) is 0 Å². The van der Waals surface area contributed by atoms with Gasteiger partial charge in [-0.3, -0.25) is 10.1 Å². The van der Waals surface area contributed by atoms with E-state index in [4.69, 9.17) is 9.84 Å². The van der Waals surface area contributed by atoms with Gasteiger partial charge in [-0.05, 0) is 28.9 Å². The summed E-state index contributed by atoms with van der Waals surface area (Å²) in [6.45, 7) is 1.37. The molecule has 1 aromatic rings. The molecule has 1 aromatic carbocycles. The first kappa shape index (κ1) is 12.9. The zero-order valence-electron chi connectivity index (χ0n) is 8.31. The van der Waals surface area contributed by atoms with Crippen LogP contribution in [0.4, 0.5) is 10.1 Å². The van der Waals surface area contributed by atoms with Crippen LogP contribution in [0.15, 0.2) is 16.6 Å². The van der Waals surface area contributed by atoms with Crippen molar-refractivity contribution in [3.63, 3.8) is 0 Å². The minimum Gasteiger partial charge on any atom is -0.483 e. The van der Waals surface area contributed by atoms with Gasteiger partial charge < -0.3 is 9.84 Å². The first-order valence-electron chi connectivity index (χ1n) is 4.36. The fraction of sp³-hybridized carbons (Fsp3) is 0.333. The maximum atomic E-state index is 12.9. The normalized spacial score (nSPS) is 12.2. The summed E-state index contributed by atoms with van der Waals surface area (Å²) < 4.78 is 18.1. The van der Waals surface area contributed by atoms with Crippen molar-refractivity contribution in [3.05, 3.63) is 32.5 Å². The largest absolute Gasteiger partial charge is 0.483 e. The summed E-state index contributed by atoms with van der Waals surface area (Å²) in [5.41, 5.74) is -0.479. The molecule has 1 rings (SSSR count). The SMILES string of the molecule is C[C@@H](O)COc1c(Br)cc(F)cc1[N+](=O)[O-]. The highest BCUT2D eigenvalue weighted by molar-refractivity contribution is 9.10. The second-order valence-corrected chi connectivity index (χ2v) is 4.01. The molecule has 0 aliphatic rings. The Balaban J connectivity index is 3.09. The maximum absolute atomic E-state index is 12.9. The highest BCUT2D eigenvalue weighted by Gasteiger charge is 2.20. The van der Waals surface area contributed by atoms with Crippen molar-refractivity contribution in [2.45, 2.75) is 13.0 Å². The molecule has 0 aliphatic heterocycles. The van der Waals surface area contributed by atoms with E-state index in [0.29, 0.717) is 0 Å². The number of halogens is 2. The van der Waals surface area contributed by atoms with E-state index in [-0.39, 0.29) is 16.8 Å². The van der Waals surface area contributed by atoms with Gasteiger partial charge >= 0.3 is 5.69 Å². The molecule has 1 atom stereocenters. The smallest absolute Gasteiger partial charge is 0.315 e. The van der Waals surface area contributed by atoms with Crippen LogP contribution in [0, 0.1) is 15.9 Å². The van der Waals surface area contributed by atoms with Crippen LogP contribution in [0.1, 0.15) is 6.92 Å². The van der Waals surface area contributed by atoms with Crippen molar-refractivity contribution >= 4 is 21.6 Å². The zero-order chi connectivity index (χ0) is 12.3. The van der Waals surface area contributed by atoms with Gasteiger partial charge in [-0.25, -0.2) is 4.39 Å². The molecule has 0 spiro atoms. The van der Waals surface area contributed by atoms with E-state index < -0.39 is 22.5 Å². The third-order valence-electron chi connectivity index (χ3n) is 1.65. The summed E-state index contributed by atoms with van der Waals surface area (Å²) in [7, 11) is 0. The predicted molar refractivity (Wildman–Crippen MR) is 57.9 cm³/mol. The lowest BCUT2D eigenvalue weighted by atomic mass is 10.3. The third kappa shape index (κ3) is 3.14. The molecular weight excluding hydrogens is 285 g/mol. The molecule has 88 valence electrons. The van der Waals surface area contributed by atoms with E-state index in [2.05, 4.69) is 15.9 Å². The number of hydrogen-bond donors (Lipinski definition) is 1. The minimum atomic E-state index is -0.767. The molecular formula is C9H9BrFNO4. The highest BCUT2D eigenvalue weighted by atomic mass is 79.9. The third-order valence-corrected chi connectivity index (χ3v) is 2.24. The van der Waals surface area contributed by atoms with Gasteiger partial charge in [0.2, 0.25) is 5.75 Å². The summed E-state index contributed by atoms with van der Waals surface area (Å²) in [4.78, 5) is 9.90. The van der Waals surface area contributed by atoms with Gasteiger partial charge in [0, 0.05) is 0 Å². The number of nitro groups is 1. The molecule has 7 heteroatoms. The Hall–Kier alpha value is -1.21. The van der Waals surface area contributed by atoms with Gasteiger partial charge in [0.15, 0.2) is 0 Å². The summed E-state index contributed by atoms with van der Waals surface area (Å²) >= 11 is 2.97. The van der Waals surface area contributed by atoms with E-state index in [1.54, 1.807) is 0 Å². The molecule has 0 aliphatic carbocycles. The van der Waals surface area contributed by atoms with Crippen LogP contribution in [-0.2, 0) is 0 Å². The van der Waals surface area contributed by atoms with Crippen LogP contribution in [0.25, 0.3) is 0 Å². The molecule has 5 nitrogen and oxygen atoms in total. The van der Waals surface area contributed by atoms with Gasteiger partial charge in [0.1, 0.15) is 12.4 Å². The predicted octanol–water partition coefficient (Wildman–Crippen LogP) is 2.26. The van der Waals surface area contributed by atoms with E-state index in [0.717, 1.165) is 12.1 Å². The number of nitro benzene ring substituents is 1. The molecule has 0 radical (unpaired) electrons. The molecule has 0 fully saturated rings. The average Bonchev–Trinajstić information content (AvgIpc) is 2.14. The van der Waals surface area contributed by atoms with Crippen molar-refractivity contribution in [3.8, 4) is 5.75 Å². The molecule has 0 aromatic heterocycles. The molecule has 1 N–H and O–H groups in total. The summed E-state index contributed by atoms with van der Waals surface area (Å²) in [5, 5.41) is 19.7. The zero-order valence-corrected chi connectivity index (χ0v) is 9.90. The standard InChI is InChI=1S/C9H9BrFNO4/c1-5(13)4-16-9-7(10)2-6(11)3-8(9)12(14)15/h2-3,5,13H,4H2,1H3/t5-/m1/s1. The number of ether oxygens (including phenoxy) is 1. The van der Waals surface area contributed by atoms with Crippen LogP contribution in [0.3, 0.4) is 0 Å². The highest BCUT2D eigenvalue weighted by Crippen LogP contribution is 2.35. The van der Waals surface area contributed by atoms with E-state index in [1.165, 1.54) is 6.92 Å². The molecule has 0 heterocycles. The number of hydrogen-bond acceptors (Lipinski definition) is 4. The van der Waals surface area contributed by atoms with Crippen LogP contribution >= 0.6 is 15.9 Å². The van der Waals surface area contributed by atoms with E-state index in [9.17, 15) is 14.5 Å². The van der Waals surface area contributed by atoms with Gasteiger partial charge in [0.05, 0.1) is 21.6 Å². The summed E-state index contributed by atoms with van der Waals surface area (Å²) in [6.07, 6.45) is -0.767. The van der Waals surface area contributed by atoms with Crippen LogP contribution in [0.2, 0.25) is 0 Å². The molecule has 0 unspecified atom stereocenters. The Kier molecular flexibility index (Phi) is 4.19. The molecule has 0 saturated carbocycles. The second kappa shape index (κ2) is 5.22. The van der Waals surface area contributed by atoms with Gasteiger partial charge in [-0.2, -0.15) is 0 Å². The summed E-state index contributed by atoms with van der Waals surface area (Å²) in [5.74, 6) is -0.824. The minimum absolute atomic E-state index is 0.0905. The monoisotopic (exact) mass is 293 g/mol. The topological polar surface area (TPSA) is 72.6 Å². The van der Waals surface area contributed by atoms with Crippen molar-refractivity contribution < 1.29 is 19.2 Å². The van der Waals surface area contributed by atoms with E-state index in [1.807, 2.05) is 0 Å². The Morgan fingerprint density at radius 3 is 2.81 bits per heavy atom. The van der Waals surface area contributed by atoms with Crippen LogP contribution < -0.4 is 4.74 Å². The molecule has 0 bridgehead atoms. The Labute approximate surface area is 99.1 Å². The first-order chi connectivity index (χ1) is 7.41. The average molecular weight is 294 g/mol. The van der Waals surface area contributed by atoms with Crippen molar-refractivity contribution in [2.75, 3.05) is 6.61 Å². The van der Waals surface area contributed by atoms with Crippen LogP contribution in [0.5, 0.6) is 5.75 Å². The summed E-state index contributed by atoms with van der Waals surface area (Å²) in [6, 6.07) is 1.83. The first-order valence-corrected chi connectivity index (χ1v) is 5.15. The lowest BCUT2D eigenvalue weighted by molar-refractivity contribution is -0.386. The van der Waals surface area contributed by atoms with Crippen molar-refractivity contribution in [1.29, 1.82) is 0 Å². The lowest BCUT2D eigenvalue weighted by Crippen LogP contribution is -2.13. The lowest BCUT2D eigenvalue weighted by Gasteiger charge is -2.10. The fourth-order valence-electron chi connectivity index (χ4n) is 1.03. The van der Waals surface area contributed by atoms with Crippen LogP contribution in [-0.4, -0.2) is 22.7 Å². The van der Waals surface area contributed by atoms with Gasteiger partial charge in [-0.1, -0.05) is 0 Å². The van der Waals surface area contributed by atoms with E-state index >= 15 is 0 Å². The Morgan fingerprint density at radius 2 is 2.31 bits per heavy atom. The quantitative estimate of drug-likeness (QED) is 0.683. The number of nitrogens with zero attached hydrogens (tertiary/aromatic N) is 1. The Morgan fingerprint density at radius 1 is 1.69 bits per heavy atom. The fourth-order valence-corrected chi connectivity index (χ4v) is 1.57. The molecule has 16 heavy (non-hydrogen) atoms. The number of aliphatic hydroxyl groups excluding tert-OH is 1. The molecule has 0 saturated heterocycles. The van der Waals surface area contributed by atoms with Crippen molar-refractivity contribution in [1.82, 2.24) is 0 Å². The maximum Gasteiger partial charge on any atom is 0.315 e. The van der Waals surface area contributed by atoms with Gasteiger partial charge in [0.25, 0.3) is 0 Å². The Bertz CT molecular complexity index is 411. The number of rotatable bonds is 4.